The van der Waals surface area contributed by atoms with E-state index in [9.17, 15) is 14.7 Å². The van der Waals surface area contributed by atoms with Crippen LogP contribution in [-0.4, -0.2) is 59.6 Å². The molecule has 1 N–H and O–H groups in total. The highest BCUT2D eigenvalue weighted by atomic mass is 28.4. The largest absolute Gasteiger partial charge is 0.395 e. The van der Waals surface area contributed by atoms with Crippen LogP contribution in [0.2, 0.25) is 18.6 Å². The highest BCUT2D eigenvalue weighted by Gasteiger charge is 2.66. The second kappa shape index (κ2) is 12.1. The van der Waals surface area contributed by atoms with Gasteiger partial charge in [-0.25, -0.2) is 0 Å². The van der Waals surface area contributed by atoms with E-state index in [2.05, 4.69) is 10.3 Å². The predicted molar refractivity (Wildman–Crippen MR) is 179 cm³/mol. The first-order valence-corrected chi connectivity index (χ1v) is 19.3. The van der Waals surface area contributed by atoms with Crippen LogP contribution in [0.25, 0.3) is 0 Å². The molecule has 2 saturated heterocycles. The van der Waals surface area contributed by atoms with Gasteiger partial charge >= 0.3 is 0 Å². The summed E-state index contributed by atoms with van der Waals surface area (Å²) in [6.45, 7) is 6.62. The van der Waals surface area contributed by atoms with E-state index in [4.69, 9.17) is 4.74 Å². The maximum Gasteiger partial charge on any atom is 0.264 e. The minimum Gasteiger partial charge on any atom is -0.395 e. The minimum absolute atomic E-state index is 0.0424. The van der Waals surface area contributed by atoms with Gasteiger partial charge in [-0.05, 0) is 48.8 Å². The Bertz CT molecular complexity index is 1780. The zero-order chi connectivity index (χ0) is 32.9. The molecule has 9 nitrogen and oxygen atoms in total. The standard InChI is InChI=1S/C36H40FN5O4Si/c1-24-34(47(2,3)37)32(16-18-40-22-30(38-39-40)28(23-43)26-12-8-5-9-13-26)46-36(24)29-20-27(41-19-17-33(41)44)14-15-31(29)42(35(36)45)21-25-10-6-4-7-11-25/h4-15,20,22,24,28,32,34,43H,16-19,21,23H2,1-3H3/t24-,28?,32+,34-,36+/m1/s1. The van der Waals surface area contributed by atoms with Crippen LogP contribution in [-0.2, 0) is 33.0 Å². The Morgan fingerprint density at radius 2 is 1.79 bits per heavy atom. The number of aromatic nitrogens is 3. The van der Waals surface area contributed by atoms with Crippen LogP contribution < -0.4 is 9.80 Å². The summed E-state index contributed by atoms with van der Waals surface area (Å²) in [4.78, 5) is 30.6. The van der Waals surface area contributed by atoms with Gasteiger partial charge in [0.25, 0.3) is 5.91 Å². The Balaban J connectivity index is 1.22. The van der Waals surface area contributed by atoms with Crippen LogP contribution in [0.15, 0.2) is 85.1 Å². The third-order valence-electron chi connectivity index (χ3n) is 10.2. The van der Waals surface area contributed by atoms with Gasteiger partial charge in [0.2, 0.25) is 14.3 Å². The minimum atomic E-state index is -3.37. The number of amides is 2. The number of ether oxygens (including phenoxy) is 1. The first-order valence-electron chi connectivity index (χ1n) is 16.3. The van der Waals surface area contributed by atoms with E-state index in [-0.39, 0.29) is 24.3 Å². The second-order valence-electron chi connectivity index (χ2n) is 13.5. The Hall–Kier alpha value is -4.19. The topological polar surface area (TPSA) is 101 Å². The molecule has 1 unspecified atom stereocenters. The number of aliphatic hydroxyl groups is 1. The van der Waals surface area contributed by atoms with Gasteiger partial charge in [-0.1, -0.05) is 72.8 Å². The molecule has 47 heavy (non-hydrogen) atoms. The molecule has 7 rings (SSSR count). The smallest absolute Gasteiger partial charge is 0.264 e. The summed E-state index contributed by atoms with van der Waals surface area (Å²) in [6, 6.07) is 25.2. The summed E-state index contributed by atoms with van der Waals surface area (Å²) in [7, 11) is -3.37. The fraction of sp³-hybridized carbons (Fsp3) is 0.389. The van der Waals surface area contributed by atoms with E-state index >= 15 is 4.11 Å². The Morgan fingerprint density at radius 1 is 1.06 bits per heavy atom. The van der Waals surface area contributed by atoms with Gasteiger partial charge < -0.3 is 23.8 Å². The van der Waals surface area contributed by atoms with Crippen molar-refractivity contribution in [2.75, 3.05) is 23.0 Å². The third kappa shape index (κ3) is 5.40. The van der Waals surface area contributed by atoms with E-state index in [0.29, 0.717) is 43.7 Å². The van der Waals surface area contributed by atoms with Crippen molar-refractivity contribution >= 4 is 31.6 Å². The third-order valence-corrected chi connectivity index (χ3v) is 12.7. The van der Waals surface area contributed by atoms with E-state index in [0.717, 1.165) is 22.5 Å². The fourth-order valence-corrected chi connectivity index (χ4v) is 10.4. The molecule has 2 amide bonds. The second-order valence-corrected chi connectivity index (χ2v) is 17.3. The molecule has 0 bridgehead atoms. The number of rotatable bonds is 10. The molecular weight excluding hydrogens is 614 g/mol. The van der Waals surface area contributed by atoms with Crippen LogP contribution in [0.5, 0.6) is 0 Å². The molecule has 0 saturated carbocycles. The van der Waals surface area contributed by atoms with Gasteiger partial charge in [0.05, 0.1) is 36.6 Å². The molecule has 4 aromatic rings. The van der Waals surface area contributed by atoms with Crippen molar-refractivity contribution in [1.29, 1.82) is 0 Å². The summed E-state index contributed by atoms with van der Waals surface area (Å²) in [5.41, 5.74) is 2.88. The van der Waals surface area contributed by atoms with Crippen molar-refractivity contribution in [1.82, 2.24) is 15.0 Å². The normalized spacial score (nSPS) is 24.6. The Labute approximate surface area is 275 Å². The molecule has 4 heterocycles. The van der Waals surface area contributed by atoms with Gasteiger partial charge in [-0.2, -0.15) is 0 Å². The first kappa shape index (κ1) is 31.4. The zero-order valence-corrected chi connectivity index (χ0v) is 27.9. The average molecular weight is 654 g/mol. The summed E-state index contributed by atoms with van der Waals surface area (Å²) in [6.07, 6.45) is 2.20. The zero-order valence-electron chi connectivity index (χ0n) is 26.9. The SMILES string of the molecule is C[C@@H]1[C@@H]([Si](C)(C)F)[C@H](CCn2cc(C(CO)c3ccccc3)nn2)O[C@@]12C(=O)N(Cc1ccccc1)c1ccc(N3CCC3=O)cc12. The van der Waals surface area contributed by atoms with Crippen LogP contribution >= 0.6 is 0 Å². The fourth-order valence-electron chi connectivity index (χ4n) is 7.88. The van der Waals surface area contributed by atoms with E-state index in [1.807, 2.05) is 92.0 Å². The predicted octanol–water partition coefficient (Wildman–Crippen LogP) is 5.55. The van der Waals surface area contributed by atoms with Gasteiger partial charge in [-0.3, -0.25) is 14.3 Å². The molecule has 0 aliphatic carbocycles. The molecule has 5 atom stereocenters. The molecule has 244 valence electrons. The first-order chi connectivity index (χ1) is 22.6. The van der Waals surface area contributed by atoms with Crippen LogP contribution in [0, 0.1) is 5.92 Å². The van der Waals surface area contributed by atoms with Crippen molar-refractivity contribution < 1.29 is 23.5 Å². The number of anilines is 2. The van der Waals surface area contributed by atoms with Crippen molar-refractivity contribution in [2.24, 2.45) is 5.92 Å². The van der Waals surface area contributed by atoms with Gasteiger partial charge in [0, 0.05) is 48.4 Å². The quantitative estimate of drug-likeness (QED) is 0.137. The van der Waals surface area contributed by atoms with Crippen molar-refractivity contribution in [3.63, 3.8) is 0 Å². The summed E-state index contributed by atoms with van der Waals surface area (Å²) >= 11 is 0. The van der Waals surface area contributed by atoms with Crippen molar-refractivity contribution in [3.05, 3.63) is 107 Å². The number of carbonyl (C=O) groups excluding carboxylic acids is 2. The Kier molecular flexibility index (Phi) is 8.10. The number of fused-ring (bicyclic) bond motifs is 2. The van der Waals surface area contributed by atoms with E-state index < -0.39 is 31.6 Å². The van der Waals surface area contributed by atoms with Gasteiger partial charge in [0.1, 0.15) is 0 Å². The number of carbonyl (C=O) groups is 2. The van der Waals surface area contributed by atoms with Crippen LogP contribution in [0.4, 0.5) is 15.5 Å². The molecule has 2 fully saturated rings. The molecule has 3 aromatic carbocycles. The number of hydrogen-bond donors (Lipinski definition) is 1. The maximum absolute atomic E-state index is 16.4. The number of β-lactam (4-membered cyclic amide) rings is 1. The maximum atomic E-state index is 16.4. The lowest BCUT2D eigenvalue weighted by Crippen LogP contribution is -2.45. The van der Waals surface area contributed by atoms with Crippen molar-refractivity contribution in [3.8, 4) is 0 Å². The lowest BCUT2D eigenvalue weighted by Gasteiger charge is -2.33. The van der Waals surface area contributed by atoms with Crippen LogP contribution in [0.1, 0.15) is 48.1 Å². The lowest BCUT2D eigenvalue weighted by atomic mass is 9.82. The van der Waals surface area contributed by atoms with E-state index in [1.165, 1.54) is 0 Å². The molecular formula is C36H40FN5O4Si. The molecule has 1 aromatic heterocycles. The Morgan fingerprint density at radius 3 is 2.43 bits per heavy atom. The highest BCUT2D eigenvalue weighted by Crippen LogP contribution is 2.60. The van der Waals surface area contributed by atoms with Crippen molar-refractivity contribution in [2.45, 2.75) is 69.1 Å². The number of aliphatic hydroxyl groups excluding tert-OH is 1. The number of nitrogens with zero attached hydrogens (tertiary/aromatic N) is 5. The number of benzene rings is 3. The molecule has 1 spiro atoms. The molecule has 3 aliphatic heterocycles. The highest BCUT2D eigenvalue weighted by molar-refractivity contribution is 6.72. The molecule has 11 heteroatoms. The molecule has 3 aliphatic rings. The average Bonchev–Trinajstić information content (AvgIpc) is 3.71. The van der Waals surface area contributed by atoms with Gasteiger partial charge in [-0.15, -0.1) is 5.10 Å². The summed E-state index contributed by atoms with van der Waals surface area (Å²) in [5.74, 6) is -0.910. The van der Waals surface area contributed by atoms with Gasteiger partial charge in [0.15, 0.2) is 5.60 Å². The number of hydrogen-bond acceptors (Lipinski definition) is 6. The monoisotopic (exact) mass is 653 g/mol. The lowest BCUT2D eigenvalue weighted by molar-refractivity contribution is -0.146. The van der Waals surface area contributed by atoms with E-state index in [1.54, 1.807) is 27.6 Å². The summed E-state index contributed by atoms with van der Waals surface area (Å²) < 4.78 is 25.0. The molecule has 0 radical (unpaired) electrons. The summed E-state index contributed by atoms with van der Waals surface area (Å²) in [5, 5.41) is 18.8. The number of aryl methyl sites for hydroxylation is 1. The van der Waals surface area contributed by atoms with Crippen LogP contribution in [0.3, 0.4) is 0 Å². The number of halogens is 1.